The van der Waals surface area contributed by atoms with Crippen LogP contribution in [0.5, 0.6) is 0 Å². The molecule has 1 aliphatic rings. The van der Waals surface area contributed by atoms with Crippen molar-refractivity contribution in [2.75, 3.05) is 6.54 Å². The third kappa shape index (κ3) is 2.52. The largest absolute Gasteiger partial charge is 0.338 e. The molecule has 0 spiro atoms. The summed E-state index contributed by atoms with van der Waals surface area (Å²) in [6.07, 6.45) is 2.16. The van der Waals surface area contributed by atoms with Crippen LogP contribution in [0.2, 0.25) is 0 Å². The Labute approximate surface area is 98.5 Å². The highest BCUT2D eigenvalue weighted by molar-refractivity contribution is 5.79. The second-order valence-electron chi connectivity index (χ2n) is 4.21. The van der Waals surface area contributed by atoms with E-state index in [4.69, 9.17) is 0 Å². The van der Waals surface area contributed by atoms with E-state index in [1.165, 1.54) is 12.1 Å². The molecule has 2 nitrogen and oxygen atoms in total. The molecule has 2 rings (SSSR count). The molecule has 90 valence electrons. The van der Waals surface area contributed by atoms with E-state index in [0.29, 0.717) is 18.5 Å². The van der Waals surface area contributed by atoms with Gasteiger partial charge in [-0.3, -0.25) is 4.79 Å². The van der Waals surface area contributed by atoms with E-state index >= 15 is 0 Å². The summed E-state index contributed by atoms with van der Waals surface area (Å²) < 4.78 is 26.1. The molecule has 1 saturated heterocycles. The molecule has 1 atom stereocenters. The van der Waals surface area contributed by atoms with Crippen LogP contribution >= 0.6 is 0 Å². The Morgan fingerprint density at radius 2 is 2.24 bits per heavy atom. The molecule has 0 bridgehead atoms. The first-order chi connectivity index (χ1) is 8.10. The Bertz CT molecular complexity index is 459. The number of halogens is 2. The van der Waals surface area contributed by atoms with Crippen LogP contribution < -0.4 is 0 Å². The Morgan fingerprint density at radius 1 is 1.47 bits per heavy atom. The summed E-state index contributed by atoms with van der Waals surface area (Å²) in [5.41, 5.74) is 0.337. The van der Waals surface area contributed by atoms with Crippen molar-refractivity contribution in [3.05, 3.63) is 48.1 Å². The van der Waals surface area contributed by atoms with E-state index in [0.717, 1.165) is 6.07 Å². The minimum atomic E-state index is -0.611. The SMILES string of the molecule is C=CC1CC(=O)N(Cc2ccc(F)cc2F)C1. The number of hydrogen-bond donors (Lipinski definition) is 0. The predicted octanol–water partition coefficient (Wildman–Crippen LogP) is 2.50. The van der Waals surface area contributed by atoms with Crippen molar-refractivity contribution in [3.8, 4) is 0 Å². The first-order valence-corrected chi connectivity index (χ1v) is 5.44. The third-order valence-corrected chi connectivity index (χ3v) is 2.95. The maximum Gasteiger partial charge on any atom is 0.223 e. The number of likely N-dealkylation sites (tertiary alicyclic amines) is 1. The number of carbonyl (C=O) groups is 1. The van der Waals surface area contributed by atoms with E-state index in [2.05, 4.69) is 6.58 Å². The number of amides is 1. The lowest BCUT2D eigenvalue weighted by molar-refractivity contribution is -0.128. The second-order valence-corrected chi connectivity index (χ2v) is 4.21. The molecular formula is C13H13F2NO. The lowest BCUT2D eigenvalue weighted by atomic mass is 10.1. The molecular weight excluding hydrogens is 224 g/mol. The second kappa shape index (κ2) is 4.65. The highest BCUT2D eigenvalue weighted by atomic mass is 19.1. The highest BCUT2D eigenvalue weighted by Gasteiger charge is 2.27. The van der Waals surface area contributed by atoms with Gasteiger partial charge in [-0.15, -0.1) is 6.58 Å². The van der Waals surface area contributed by atoms with Crippen molar-refractivity contribution in [1.82, 2.24) is 4.90 Å². The Morgan fingerprint density at radius 3 is 2.82 bits per heavy atom. The van der Waals surface area contributed by atoms with Gasteiger partial charge in [0.2, 0.25) is 5.91 Å². The van der Waals surface area contributed by atoms with Crippen molar-refractivity contribution < 1.29 is 13.6 Å². The summed E-state index contributed by atoms with van der Waals surface area (Å²) in [5, 5.41) is 0. The van der Waals surface area contributed by atoms with E-state index in [-0.39, 0.29) is 18.4 Å². The maximum absolute atomic E-state index is 13.4. The van der Waals surface area contributed by atoms with E-state index in [1.54, 1.807) is 11.0 Å². The van der Waals surface area contributed by atoms with Gasteiger partial charge < -0.3 is 4.90 Å². The molecule has 17 heavy (non-hydrogen) atoms. The number of benzene rings is 1. The summed E-state index contributed by atoms with van der Waals surface area (Å²) in [7, 11) is 0. The first kappa shape index (κ1) is 11.8. The van der Waals surface area contributed by atoms with Crippen LogP contribution in [-0.2, 0) is 11.3 Å². The monoisotopic (exact) mass is 237 g/mol. The van der Waals surface area contributed by atoms with Gasteiger partial charge in [-0.25, -0.2) is 8.78 Å². The van der Waals surface area contributed by atoms with Crippen LogP contribution in [0.3, 0.4) is 0 Å². The molecule has 1 aromatic carbocycles. The molecule has 0 saturated carbocycles. The standard InChI is InChI=1S/C13H13F2NO/c1-2-9-5-13(17)16(7-9)8-10-3-4-11(14)6-12(10)15/h2-4,6,9H,1,5,7-8H2. The summed E-state index contributed by atoms with van der Waals surface area (Å²) in [6, 6.07) is 3.41. The van der Waals surface area contributed by atoms with Crippen molar-refractivity contribution >= 4 is 5.91 Å². The fourth-order valence-corrected chi connectivity index (χ4v) is 1.97. The molecule has 1 fully saturated rings. The highest BCUT2D eigenvalue weighted by Crippen LogP contribution is 2.21. The van der Waals surface area contributed by atoms with Gasteiger partial charge in [-0.05, 0) is 6.07 Å². The minimum Gasteiger partial charge on any atom is -0.338 e. The molecule has 0 N–H and O–H groups in total. The average Bonchev–Trinajstić information content (AvgIpc) is 2.64. The van der Waals surface area contributed by atoms with Crippen LogP contribution in [0, 0.1) is 17.6 Å². The number of hydrogen-bond acceptors (Lipinski definition) is 1. The van der Waals surface area contributed by atoms with Crippen LogP contribution in [0.1, 0.15) is 12.0 Å². The fraction of sp³-hybridized carbons (Fsp3) is 0.308. The predicted molar refractivity (Wildman–Crippen MR) is 60.1 cm³/mol. The lowest BCUT2D eigenvalue weighted by Gasteiger charge is -2.16. The fourth-order valence-electron chi connectivity index (χ4n) is 1.97. The summed E-state index contributed by atoms with van der Waals surface area (Å²) in [5.74, 6) is -1.10. The van der Waals surface area contributed by atoms with Crippen LogP contribution in [0.15, 0.2) is 30.9 Å². The quantitative estimate of drug-likeness (QED) is 0.740. The Hall–Kier alpha value is -1.71. The van der Waals surface area contributed by atoms with Gasteiger partial charge in [0.15, 0.2) is 0 Å². The molecule has 0 radical (unpaired) electrons. The van der Waals surface area contributed by atoms with E-state index < -0.39 is 11.6 Å². The molecule has 0 aromatic heterocycles. The summed E-state index contributed by atoms with van der Waals surface area (Å²) in [4.78, 5) is 13.2. The minimum absolute atomic E-state index is 0.0152. The van der Waals surface area contributed by atoms with Crippen LogP contribution in [-0.4, -0.2) is 17.4 Å². The molecule has 1 unspecified atom stereocenters. The Kier molecular flexibility index (Phi) is 3.22. The van der Waals surface area contributed by atoms with Crippen molar-refractivity contribution in [3.63, 3.8) is 0 Å². The number of rotatable bonds is 3. The smallest absolute Gasteiger partial charge is 0.223 e. The summed E-state index contributed by atoms with van der Waals surface area (Å²) >= 11 is 0. The topological polar surface area (TPSA) is 20.3 Å². The van der Waals surface area contributed by atoms with Gasteiger partial charge in [0, 0.05) is 37.1 Å². The molecule has 4 heteroatoms. The summed E-state index contributed by atoms with van der Waals surface area (Å²) in [6.45, 7) is 4.39. The molecule has 1 amide bonds. The van der Waals surface area contributed by atoms with Gasteiger partial charge in [0.05, 0.1) is 0 Å². The zero-order valence-corrected chi connectivity index (χ0v) is 9.33. The molecule has 0 aliphatic carbocycles. The van der Waals surface area contributed by atoms with Gasteiger partial charge >= 0.3 is 0 Å². The van der Waals surface area contributed by atoms with E-state index in [9.17, 15) is 13.6 Å². The zero-order valence-electron chi connectivity index (χ0n) is 9.33. The molecule has 1 aromatic rings. The lowest BCUT2D eigenvalue weighted by Crippen LogP contribution is -2.25. The van der Waals surface area contributed by atoms with Crippen LogP contribution in [0.4, 0.5) is 8.78 Å². The zero-order chi connectivity index (χ0) is 12.4. The van der Waals surface area contributed by atoms with Gasteiger partial charge in [-0.2, -0.15) is 0 Å². The van der Waals surface area contributed by atoms with E-state index in [1.807, 2.05) is 0 Å². The first-order valence-electron chi connectivity index (χ1n) is 5.44. The van der Waals surface area contributed by atoms with Crippen LogP contribution in [0.25, 0.3) is 0 Å². The van der Waals surface area contributed by atoms with Gasteiger partial charge in [-0.1, -0.05) is 12.1 Å². The van der Waals surface area contributed by atoms with Crippen molar-refractivity contribution in [2.45, 2.75) is 13.0 Å². The van der Waals surface area contributed by atoms with Crippen molar-refractivity contribution in [2.24, 2.45) is 5.92 Å². The number of carbonyl (C=O) groups excluding carboxylic acids is 1. The maximum atomic E-state index is 13.4. The normalized spacial score (nSPS) is 19.8. The molecule has 1 heterocycles. The van der Waals surface area contributed by atoms with Gasteiger partial charge in [0.25, 0.3) is 0 Å². The molecule has 1 aliphatic heterocycles. The average molecular weight is 237 g/mol. The van der Waals surface area contributed by atoms with Crippen molar-refractivity contribution in [1.29, 1.82) is 0 Å². The van der Waals surface area contributed by atoms with Gasteiger partial charge in [0.1, 0.15) is 11.6 Å². The number of nitrogens with zero attached hydrogens (tertiary/aromatic N) is 1. The third-order valence-electron chi connectivity index (χ3n) is 2.95. The Balaban J connectivity index is 2.11.